The SMILES string of the molecule is CCOc1ccc(NCC2(C(=O)OC)CCC2)cc1. The molecule has 1 saturated carbocycles. The first-order chi connectivity index (χ1) is 9.20. The summed E-state index contributed by atoms with van der Waals surface area (Å²) >= 11 is 0. The lowest BCUT2D eigenvalue weighted by Crippen LogP contribution is -2.44. The van der Waals surface area contributed by atoms with Crippen LogP contribution in [0.15, 0.2) is 24.3 Å². The van der Waals surface area contributed by atoms with Gasteiger partial charge in [0.25, 0.3) is 0 Å². The Hall–Kier alpha value is -1.71. The molecule has 0 spiro atoms. The van der Waals surface area contributed by atoms with E-state index in [1.165, 1.54) is 7.11 Å². The molecular formula is C15H21NO3. The van der Waals surface area contributed by atoms with Gasteiger partial charge in [0.15, 0.2) is 0 Å². The Balaban J connectivity index is 1.92. The smallest absolute Gasteiger partial charge is 0.313 e. The molecule has 1 aliphatic carbocycles. The number of rotatable bonds is 6. The lowest BCUT2D eigenvalue weighted by atomic mass is 9.68. The monoisotopic (exact) mass is 263 g/mol. The fourth-order valence-electron chi connectivity index (χ4n) is 2.38. The predicted octanol–water partition coefficient (Wildman–Crippen LogP) is 2.84. The van der Waals surface area contributed by atoms with Gasteiger partial charge < -0.3 is 14.8 Å². The Kier molecular flexibility index (Phi) is 4.30. The van der Waals surface area contributed by atoms with Crippen molar-refractivity contribution in [1.82, 2.24) is 0 Å². The minimum atomic E-state index is -0.326. The number of carbonyl (C=O) groups excluding carboxylic acids is 1. The maximum atomic E-state index is 11.8. The number of benzene rings is 1. The molecule has 0 bridgehead atoms. The molecule has 1 fully saturated rings. The van der Waals surface area contributed by atoms with Crippen LogP contribution in [-0.2, 0) is 9.53 Å². The van der Waals surface area contributed by atoms with Gasteiger partial charge in [-0.05, 0) is 44.0 Å². The Morgan fingerprint density at radius 2 is 2.00 bits per heavy atom. The zero-order chi connectivity index (χ0) is 13.7. The zero-order valence-corrected chi connectivity index (χ0v) is 11.6. The second-order valence-corrected chi connectivity index (χ2v) is 4.94. The summed E-state index contributed by atoms with van der Waals surface area (Å²) in [6.45, 7) is 3.26. The van der Waals surface area contributed by atoms with Gasteiger partial charge in [0.2, 0.25) is 0 Å². The quantitative estimate of drug-likeness (QED) is 0.802. The van der Waals surface area contributed by atoms with E-state index >= 15 is 0 Å². The third kappa shape index (κ3) is 3.00. The molecule has 0 radical (unpaired) electrons. The van der Waals surface area contributed by atoms with Crippen molar-refractivity contribution < 1.29 is 14.3 Å². The molecule has 4 heteroatoms. The van der Waals surface area contributed by atoms with Gasteiger partial charge in [0.1, 0.15) is 5.75 Å². The standard InChI is InChI=1S/C15H21NO3/c1-3-19-13-7-5-12(6-8-13)16-11-15(9-4-10-15)14(17)18-2/h5-8,16H,3-4,9-11H2,1-2H3. The van der Waals surface area contributed by atoms with Gasteiger partial charge in [-0.1, -0.05) is 6.42 Å². The maximum Gasteiger partial charge on any atom is 0.313 e. The highest BCUT2D eigenvalue weighted by Gasteiger charge is 2.45. The number of carbonyl (C=O) groups is 1. The highest BCUT2D eigenvalue weighted by atomic mass is 16.5. The molecule has 0 aliphatic heterocycles. The van der Waals surface area contributed by atoms with Crippen LogP contribution in [-0.4, -0.2) is 26.2 Å². The first-order valence-corrected chi connectivity index (χ1v) is 6.75. The molecule has 0 aromatic heterocycles. The first-order valence-electron chi connectivity index (χ1n) is 6.75. The minimum absolute atomic E-state index is 0.0998. The Labute approximate surface area is 114 Å². The van der Waals surface area contributed by atoms with Crippen LogP contribution in [0.1, 0.15) is 26.2 Å². The topological polar surface area (TPSA) is 47.6 Å². The molecule has 1 aromatic rings. The van der Waals surface area contributed by atoms with Gasteiger partial charge in [0, 0.05) is 12.2 Å². The lowest BCUT2D eigenvalue weighted by molar-refractivity contribution is -0.157. The average molecular weight is 263 g/mol. The molecule has 4 nitrogen and oxygen atoms in total. The van der Waals surface area contributed by atoms with Crippen LogP contribution in [0.2, 0.25) is 0 Å². The summed E-state index contributed by atoms with van der Waals surface area (Å²) in [5.41, 5.74) is 0.673. The van der Waals surface area contributed by atoms with E-state index in [2.05, 4.69) is 5.32 Å². The average Bonchev–Trinajstić information content (AvgIpc) is 2.39. The number of hydrogen-bond donors (Lipinski definition) is 1. The normalized spacial score (nSPS) is 16.3. The van der Waals surface area contributed by atoms with Crippen LogP contribution < -0.4 is 10.1 Å². The molecule has 0 amide bonds. The molecule has 0 heterocycles. The van der Waals surface area contributed by atoms with Crippen LogP contribution in [0.4, 0.5) is 5.69 Å². The number of methoxy groups -OCH3 is 1. The molecule has 0 atom stereocenters. The Morgan fingerprint density at radius 3 is 2.47 bits per heavy atom. The second kappa shape index (κ2) is 5.95. The van der Waals surface area contributed by atoms with Crippen molar-refractivity contribution in [2.75, 3.05) is 25.6 Å². The summed E-state index contributed by atoms with van der Waals surface area (Å²) in [5.74, 6) is 0.761. The number of nitrogens with one attached hydrogen (secondary N) is 1. The number of esters is 1. The summed E-state index contributed by atoms with van der Waals surface area (Å²) in [5, 5.41) is 3.32. The van der Waals surface area contributed by atoms with Crippen molar-refractivity contribution in [2.24, 2.45) is 5.41 Å². The minimum Gasteiger partial charge on any atom is -0.494 e. The van der Waals surface area contributed by atoms with Crippen molar-refractivity contribution >= 4 is 11.7 Å². The highest BCUT2D eigenvalue weighted by molar-refractivity contribution is 5.78. The van der Waals surface area contributed by atoms with Gasteiger partial charge in [-0.2, -0.15) is 0 Å². The molecular weight excluding hydrogens is 242 g/mol. The van der Waals surface area contributed by atoms with Gasteiger partial charge in [-0.15, -0.1) is 0 Å². The van der Waals surface area contributed by atoms with Crippen molar-refractivity contribution in [3.8, 4) is 5.75 Å². The second-order valence-electron chi connectivity index (χ2n) is 4.94. The number of ether oxygens (including phenoxy) is 2. The molecule has 19 heavy (non-hydrogen) atoms. The fourth-order valence-corrected chi connectivity index (χ4v) is 2.38. The van der Waals surface area contributed by atoms with Crippen LogP contribution >= 0.6 is 0 Å². The summed E-state index contributed by atoms with van der Waals surface area (Å²) in [7, 11) is 1.46. The number of hydrogen-bond acceptors (Lipinski definition) is 4. The van der Waals surface area contributed by atoms with Crippen molar-refractivity contribution in [1.29, 1.82) is 0 Å². The van der Waals surface area contributed by atoms with Crippen molar-refractivity contribution in [2.45, 2.75) is 26.2 Å². The molecule has 0 unspecified atom stereocenters. The van der Waals surface area contributed by atoms with E-state index in [0.29, 0.717) is 13.2 Å². The van der Waals surface area contributed by atoms with Crippen molar-refractivity contribution in [3.05, 3.63) is 24.3 Å². The number of anilines is 1. The highest BCUT2D eigenvalue weighted by Crippen LogP contribution is 2.42. The first kappa shape index (κ1) is 13.7. The molecule has 1 N–H and O–H groups in total. The lowest BCUT2D eigenvalue weighted by Gasteiger charge is -2.39. The molecule has 0 saturated heterocycles. The fraction of sp³-hybridized carbons (Fsp3) is 0.533. The van der Waals surface area contributed by atoms with Crippen LogP contribution in [0.25, 0.3) is 0 Å². The van der Waals surface area contributed by atoms with Gasteiger partial charge in [-0.3, -0.25) is 4.79 Å². The van der Waals surface area contributed by atoms with E-state index in [1.807, 2.05) is 31.2 Å². The van der Waals surface area contributed by atoms with Crippen LogP contribution in [0.3, 0.4) is 0 Å². The summed E-state index contributed by atoms with van der Waals surface area (Å²) in [4.78, 5) is 11.8. The summed E-state index contributed by atoms with van der Waals surface area (Å²) < 4.78 is 10.3. The van der Waals surface area contributed by atoms with Gasteiger partial charge in [0.05, 0.1) is 19.1 Å². The van der Waals surface area contributed by atoms with Gasteiger partial charge >= 0.3 is 5.97 Å². The Bertz CT molecular complexity index is 424. The van der Waals surface area contributed by atoms with E-state index in [1.54, 1.807) is 0 Å². The van der Waals surface area contributed by atoms with Crippen LogP contribution in [0.5, 0.6) is 5.75 Å². The van der Waals surface area contributed by atoms with Gasteiger partial charge in [-0.25, -0.2) is 0 Å². The molecule has 1 aromatic carbocycles. The predicted molar refractivity (Wildman–Crippen MR) is 74.4 cm³/mol. The van der Waals surface area contributed by atoms with E-state index in [0.717, 1.165) is 30.7 Å². The molecule has 2 rings (SSSR count). The van der Waals surface area contributed by atoms with E-state index < -0.39 is 0 Å². The largest absolute Gasteiger partial charge is 0.494 e. The van der Waals surface area contributed by atoms with Crippen LogP contribution in [0, 0.1) is 5.41 Å². The molecule has 1 aliphatic rings. The Morgan fingerprint density at radius 1 is 1.32 bits per heavy atom. The van der Waals surface area contributed by atoms with E-state index in [4.69, 9.17) is 9.47 Å². The van der Waals surface area contributed by atoms with E-state index in [9.17, 15) is 4.79 Å². The molecule has 104 valence electrons. The van der Waals surface area contributed by atoms with Crippen molar-refractivity contribution in [3.63, 3.8) is 0 Å². The third-order valence-corrected chi connectivity index (χ3v) is 3.73. The summed E-state index contributed by atoms with van der Waals surface area (Å²) in [6, 6.07) is 7.79. The maximum absolute atomic E-state index is 11.8. The third-order valence-electron chi connectivity index (χ3n) is 3.73. The summed E-state index contributed by atoms with van der Waals surface area (Å²) in [6.07, 6.45) is 2.91. The zero-order valence-electron chi connectivity index (χ0n) is 11.6. The van der Waals surface area contributed by atoms with E-state index in [-0.39, 0.29) is 11.4 Å².